The second-order valence-corrected chi connectivity index (χ2v) is 4.07. The number of phenols is 1. The predicted octanol–water partition coefficient (Wildman–Crippen LogP) is 2.23. The number of nitrogens with zero attached hydrogens (tertiary/aromatic N) is 2. The van der Waals surface area contributed by atoms with Gasteiger partial charge in [-0.15, -0.1) is 0 Å². The molecule has 0 bridgehead atoms. The quantitative estimate of drug-likeness (QED) is 0.726. The molecule has 0 saturated heterocycles. The minimum atomic E-state index is -0.372. The van der Waals surface area contributed by atoms with E-state index in [1.54, 1.807) is 12.1 Å². The Morgan fingerprint density at radius 3 is 2.58 bits per heavy atom. The van der Waals surface area contributed by atoms with Crippen molar-refractivity contribution >= 4 is 10.9 Å². The molecule has 0 amide bonds. The third-order valence-electron chi connectivity index (χ3n) is 2.87. The van der Waals surface area contributed by atoms with E-state index in [4.69, 9.17) is 0 Å². The van der Waals surface area contributed by atoms with E-state index < -0.39 is 0 Å². The van der Waals surface area contributed by atoms with Crippen molar-refractivity contribution < 1.29 is 9.50 Å². The van der Waals surface area contributed by atoms with Gasteiger partial charge < -0.3 is 5.11 Å². The lowest BCUT2D eigenvalue weighted by atomic mass is 10.2. The lowest BCUT2D eigenvalue weighted by molar-refractivity contribution is 0.480. The van der Waals surface area contributed by atoms with Gasteiger partial charge in [-0.1, -0.05) is 6.07 Å². The summed E-state index contributed by atoms with van der Waals surface area (Å²) in [5, 5.41) is 9.95. The summed E-state index contributed by atoms with van der Waals surface area (Å²) < 4.78 is 14.2. The largest absolute Gasteiger partial charge is 0.506 e. The van der Waals surface area contributed by atoms with Crippen LogP contribution in [0.25, 0.3) is 16.6 Å². The van der Waals surface area contributed by atoms with Crippen molar-refractivity contribution in [3.63, 3.8) is 0 Å². The van der Waals surface area contributed by atoms with Crippen molar-refractivity contribution in [3.8, 4) is 11.4 Å². The molecule has 0 aliphatic heterocycles. The highest BCUT2D eigenvalue weighted by Gasteiger charge is 2.08. The van der Waals surface area contributed by atoms with Crippen LogP contribution < -0.4 is 5.56 Å². The highest BCUT2D eigenvalue weighted by Crippen LogP contribution is 2.19. The summed E-state index contributed by atoms with van der Waals surface area (Å²) in [7, 11) is 0. The molecule has 1 N–H and O–H groups in total. The van der Waals surface area contributed by atoms with Crippen molar-refractivity contribution in [1.82, 2.24) is 9.55 Å². The molecule has 0 aliphatic rings. The van der Waals surface area contributed by atoms with Gasteiger partial charge in [0.05, 0.1) is 11.1 Å². The van der Waals surface area contributed by atoms with Crippen LogP contribution in [0.5, 0.6) is 5.75 Å². The summed E-state index contributed by atoms with van der Waals surface area (Å²) >= 11 is 0. The SMILES string of the molecule is O=c1c2cccc(O)c2ncn1-c1ccc(F)cc1. The first-order chi connectivity index (χ1) is 9.16. The number of fused-ring (bicyclic) bond motifs is 1. The second kappa shape index (κ2) is 4.20. The molecule has 0 radical (unpaired) electrons. The van der Waals surface area contributed by atoms with E-state index in [-0.39, 0.29) is 22.6 Å². The Morgan fingerprint density at radius 2 is 1.84 bits per heavy atom. The predicted molar refractivity (Wildman–Crippen MR) is 69.0 cm³/mol. The molecular formula is C14H9FN2O2. The van der Waals surface area contributed by atoms with Crippen LogP contribution in [-0.4, -0.2) is 14.7 Å². The fourth-order valence-corrected chi connectivity index (χ4v) is 1.92. The van der Waals surface area contributed by atoms with Crippen molar-refractivity contribution in [3.05, 3.63) is 65.0 Å². The Balaban J connectivity index is 2.29. The molecular weight excluding hydrogens is 247 g/mol. The van der Waals surface area contributed by atoms with Crippen LogP contribution in [0.1, 0.15) is 0 Å². The van der Waals surface area contributed by atoms with Gasteiger partial charge in [-0.2, -0.15) is 0 Å². The third-order valence-corrected chi connectivity index (χ3v) is 2.87. The van der Waals surface area contributed by atoms with Crippen LogP contribution >= 0.6 is 0 Å². The molecule has 0 spiro atoms. The van der Waals surface area contributed by atoms with Crippen molar-refractivity contribution in [2.75, 3.05) is 0 Å². The summed E-state index contributed by atoms with van der Waals surface area (Å²) in [5.41, 5.74) is 0.461. The maximum Gasteiger partial charge on any atom is 0.265 e. The molecule has 1 aromatic heterocycles. The van der Waals surface area contributed by atoms with Crippen LogP contribution in [-0.2, 0) is 0 Å². The Labute approximate surface area is 107 Å². The number of para-hydroxylation sites is 1. The van der Waals surface area contributed by atoms with Gasteiger partial charge >= 0.3 is 0 Å². The maximum atomic E-state index is 12.9. The molecule has 4 nitrogen and oxygen atoms in total. The number of phenolic OH excluding ortho intramolecular Hbond substituents is 1. The van der Waals surface area contributed by atoms with Gasteiger partial charge in [-0.05, 0) is 36.4 Å². The summed E-state index contributed by atoms with van der Waals surface area (Å²) in [6.45, 7) is 0. The Morgan fingerprint density at radius 1 is 1.11 bits per heavy atom. The maximum absolute atomic E-state index is 12.9. The number of halogens is 1. The number of hydrogen-bond acceptors (Lipinski definition) is 3. The zero-order chi connectivity index (χ0) is 13.4. The van der Waals surface area contributed by atoms with E-state index in [0.717, 1.165) is 0 Å². The first-order valence-corrected chi connectivity index (χ1v) is 5.62. The van der Waals surface area contributed by atoms with E-state index in [1.165, 1.54) is 41.2 Å². The standard InChI is InChI=1S/C14H9FN2O2/c15-9-4-6-10(7-5-9)17-8-16-13-11(14(17)19)2-1-3-12(13)18/h1-8,18H. The van der Waals surface area contributed by atoms with Crippen LogP contribution in [0.3, 0.4) is 0 Å². The highest BCUT2D eigenvalue weighted by atomic mass is 19.1. The number of aromatic hydroxyl groups is 1. The molecule has 94 valence electrons. The van der Waals surface area contributed by atoms with Gasteiger partial charge in [0.15, 0.2) is 0 Å². The lowest BCUT2D eigenvalue weighted by Gasteiger charge is -2.07. The van der Waals surface area contributed by atoms with Crippen LogP contribution in [0.2, 0.25) is 0 Å². The molecule has 2 aromatic carbocycles. The van der Waals surface area contributed by atoms with E-state index in [2.05, 4.69) is 4.98 Å². The van der Waals surface area contributed by atoms with Gasteiger partial charge in [0.25, 0.3) is 5.56 Å². The van der Waals surface area contributed by atoms with Crippen molar-refractivity contribution in [2.45, 2.75) is 0 Å². The van der Waals surface area contributed by atoms with Gasteiger partial charge in [0, 0.05) is 0 Å². The van der Waals surface area contributed by atoms with E-state index >= 15 is 0 Å². The minimum Gasteiger partial charge on any atom is -0.506 e. The van der Waals surface area contributed by atoms with Crippen molar-refractivity contribution in [2.24, 2.45) is 0 Å². The Kier molecular flexibility index (Phi) is 2.52. The number of aromatic nitrogens is 2. The van der Waals surface area contributed by atoms with Crippen molar-refractivity contribution in [1.29, 1.82) is 0 Å². The fourth-order valence-electron chi connectivity index (χ4n) is 1.92. The average Bonchev–Trinajstić information content (AvgIpc) is 2.42. The molecule has 1 heterocycles. The summed E-state index contributed by atoms with van der Waals surface area (Å²) in [5.74, 6) is -0.413. The van der Waals surface area contributed by atoms with Gasteiger partial charge in [0.2, 0.25) is 0 Å². The normalized spacial score (nSPS) is 10.8. The summed E-state index contributed by atoms with van der Waals surface area (Å²) in [6.07, 6.45) is 1.32. The highest BCUT2D eigenvalue weighted by molar-refractivity contribution is 5.83. The topological polar surface area (TPSA) is 55.1 Å². The van der Waals surface area contributed by atoms with E-state index in [9.17, 15) is 14.3 Å². The first-order valence-electron chi connectivity index (χ1n) is 5.62. The average molecular weight is 256 g/mol. The van der Waals surface area contributed by atoms with E-state index in [0.29, 0.717) is 11.1 Å². The second-order valence-electron chi connectivity index (χ2n) is 4.07. The minimum absolute atomic E-state index is 0.0409. The van der Waals surface area contributed by atoms with Crippen LogP contribution in [0.15, 0.2) is 53.6 Å². The Hall–Kier alpha value is -2.69. The smallest absolute Gasteiger partial charge is 0.265 e. The van der Waals surface area contributed by atoms with Gasteiger partial charge in [0.1, 0.15) is 23.4 Å². The molecule has 0 saturated carbocycles. The monoisotopic (exact) mass is 256 g/mol. The number of hydrogen-bond donors (Lipinski definition) is 1. The first kappa shape index (κ1) is 11.4. The number of benzene rings is 2. The van der Waals surface area contributed by atoms with Gasteiger partial charge in [-0.25, -0.2) is 9.37 Å². The summed E-state index contributed by atoms with van der Waals surface area (Å²) in [4.78, 5) is 16.3. The van der Waals surface area contributed by atoms with E-state index in [1.807, 2.05) is 0 Å². The van der Waals surface area contributed by atoms with Crippen LogP contribution in [0, 0.1) is 5.82 Å². The number of rotatable bonds is 1. The zero-order valence-electron chi connectivity index (χ0n) is 9.75. The third kappa shape index (κ3) is 1.85. The molecule has 3 rings (SSSR count). The zero-order valence-corrected chi connectivity index (χ0v) is 9.75. The Bertz CT molecular complexity index is 810. The molecule has 0 aliphatic carbocycles. The summed E-state index contributed by atoms with van der Waals surface area (Å²) in [6, 6.07) is 10.2. The van der Waals surface area contributed by atoms with Gasteiger partial charge in [-0.3, -0.25) is 9.36 Å². The molecule has 0 unspecified atom stereocenters. The lowest BCUT2D eigenvalue weighted by Crippen LogP contribution is -2.18. The molecule has 0 atom stereocenters. The molecule has 19 heavy (non-hydrogen) atoms. The fraction of sp³-hybridized carbons (Fsp3) is 0. The molecule has 0 fully saturated rings. The molecule has 3 aromatic rings. The molecule has 5 heteroatoms. The van der Waals surface area contributed by atoms with Crippen LogP contribution in [0.4, 0.5) is 4.39 Å².